The van der Waals surface area contributed by atoms with E-state index in [9.17, 15) is 0 Å². The summed E-state index contributed by atoms with van der Waals surface area (Å²) in [4.78, 5) is 6.72. The van der Waals surface area contributed by atoms with E-state index in [2.05, 4.69) is 56.8 Å². The van der Waals surface area contributed by atoms with Gasteiger partial charge in [-0.15, -0.1) is 0 Å². The number of benzene rings is 1. The molecule has 1 fully saturated rings. The highest BCUT2D eigenvalue weighted by Crippen LogP contribution is 2.36. The van der Waals surface area contributed by atoms with Crippen LogP contribution in [0.25, 0.3) is 0 Å². The Hall–Kier alpha value is -1.51. The van der Waals surface area contributed by atoms with Crippen molar-refractivity contribution in [3.63, 3.8) is 0 Å². The first kappa shape index (κ1) is 15.9. The first-order chi connectivity index (χ1) is 10.0. The lowest BCUT2D eigenvalue weighted by Crippen LogP contribution is -2.16. The minimum Gasteiger partial charge on any atom is -0.490 e. The highest BCUT2D eigenvalue weighted by molar-refractivity contribution is 5.64. The molecule has 1 unspecified atom stereocenters. The quantitative estimate of drug-likeness (QED) is 0.546. The molecule has 0 aromatic heterocycles. The molecule has 0 amide bonds. The molecule has 0 saturated heterocycles. The number of ether oxygens (including phenoxy) is 1. The third-order valence-corrected chi connectivity index (χ3v) is 4.06. The number of hydrogen-bond acceptors (Lipinski definition) is 2. The average molecular weight is 288 g/mol. The minimum atomic E-state index is 0.327. The number of nitrogens with zero attached hydrogens (tertiary/aromatic N) is 2. The summed E-state index contributed by atoms with van der Waals surface area (Å²) in [6.07, 6.45) is 6.00. The molecule has 0 spiro atoms. The molecule has 0 N–H and O–H groups in total. The zero-order valence-electron chi connectivity index (χ0n) is 14.0. The molecule has 1 atom stereocenters. The van der Waals surface area contributed by atoms with Crippen LogP contribution in [0.3, 0.4) is 0 Å². The molecule has 0 radical (unpaired) electrons. The monoisotopic (exact) mass is 288 g/mol. The van der Waals surface area contributed by atoms with Crippen LogP contribution in [-0.4, -0.2) is 30.9 Å². The summed E-state index contributed by atoms with van der Waals surface area (Å²) < 4.78 is 6.11. The number of hydrogen-bond donors (Lipinski definition) is 0. The lowest BCUT2D eigenvalue weighted by Gasteiger charge is -2.17. The van der Waals surface area contributed by atoms with Gasteiger partial charge in [-0.1, -0.05) is 6.92 Å². The van der Waals surface area contributed by atoms with Crippen molar-refractivity contribution in [2.75, 3.05) is 13.6 Å². The van der Waals surface area contributed by atoms with Gasteiger partial charge < -0.3 is 9.64 Å². The van der Waals surface area contributed by atoms with Crippen molar-refractivity contribution in [1.82, 2.24) is 4.90 Å². The van der Waals surface area contributed by atoms with Crippen LogP contribution in [0, 0.1) is 19.8 Å². The van der Waals surface area contributed by atoms with Gasteiger partial charge in [-0.25, -0.2) is 4.99 Å². The van der Waals surface area contributed by atoms with Gasteiger partial charge in [-0.3, -0.25) is 0 Å². The second-order valence-electron chi connectivity index (χ2n) is 6.29. The van der Waals surface area contributed by atoms with Crippen molar-refractivity contribution in [2.24, 2.45) is 10.9 Å². The van der Waals surface area contributed by atoms with Gasteiger partial charge in [0.05, 0.1) is 18.1 Å². The SMILES string of the molecule is CCCN(C)/C=N\c1cc(C)c(OC(C)C2CC2)cc1C. The van der Waals surface area contributed by atoms with Crippen molar-refractivity contribution in [1.29, 1.82) is 0 Å². The van der Waals surface area contributed by atoms with Crippen LogP contribution >= 0.6 is 0 Å². The smallest absolute Gasteiger partial charge is 0.123 e. The Morgan fingerprint density at radius 2 is 2.05 bits per heavy atom. The Labute approximate surface area is 129 Å². The molecule has 3 nitrogen and oxygen atoms in total. The molecule has 0 bridgehead atoms. The first-order valence-electron chi connectivity index (χ1n) is 8.03. The van der Waals surface area contributed by atoms with Gasteiger partial charge in [0.25, 0.3) is 0 Å². The molecule has 1 aromatic carbocycles. The van der Waals surface area contributed by atoms with Crippen LogP contribution in [0.15, 0.2) is 17.1 Å². The summed E-state index contributed by atoms with van der Waals surface area (Å²) in [5.74, 6) is 1.76. The number of rotatable bonds is 7. The molecule has 0 aliphatic heterocycles. The fourth-order valence-electron chi connectivity index (χ4n) is 2.47. The zero-order chi connectivity index (χ0) is 15.4. The van der Waals surface area contributed by atoms with Crippen LogP contribution in [0.1, 0.15) is 44.2 Å². The van der Waals surface area contributed by atoms with Gasteiger partial charge >= 0.3 is 0 Å². The topological polar surface area (TPSA) is 24.8 Å². The maximum atomic E-state index is 6.11. The van der Waals surface area contributed by atoms with E-state index in [0.717, 1.165) is 30.3 Å². The first-order valence-corrected chi connectivity index (χ1v) is 8.03. The van der Waals surface area contributed by atoms with Gasteiger partial charge in [0.1, 0.15) is 5.75 Å². The van der Waals surface area contributed by atoms with Crippen molar-refractivity contribution >= 4 is 12.0 Å². The Bertz CT molecular complexity index is 506. The van der Waals surface area contributed by atoms with Crippen molar-refractivity contribution in [3.8, 4) is 5.75 Å². The molecule has 1 aromatic rings. The van der Waals surface area contributed by atoms with Gasteiger partial charge in [-0.2, -0.15) is 0 Å². The van der Waals surface area contributed by atoms with E-state index >= 15 is 0 Å². The Balaban J connectivity index is 2.08. The second kappa shape index (κ2) is 6.97. The predicted molar refractivity (Wildman–Crippen MR) is 89.8 cm³/mol. The van der Waals surface area contributed by atoms with Crippen LogP contribution < -0.4 is 4.74 Å². The average Bonchev–Trinajstić information content (AvgIpc) is 3.25. The van der Waals surface area contributed by atoms with Gasteiger partial charge in [0.2, 0.25) is 0 Å². The second-order valence-corrected chi connectivity index (χ2v) is 6.29. The molecule has 1 saturated carbocycles. The molecule has 21 heavy (non-hydrogen) atoms. The van der Waals surface area contributed by atoms with Crippen molar-refractivity contribution in [3.05, 3.63) is 23.3 Å². The zero-order valence-corrected chi connectivity index (χ0v) is 14.0. The largest absolute Gasteiger partial charge is 0.490 e. The third-order valence-electron chi connectivity index (χ3n) is 4.06. The fourth-order valence-corrected chi connectivity index (χ4v) is 2.47. The van der Waals surface area contributed by atoms with Crippen molar-refractivity contribution < 1.29 is 4.74 Å². The van der Waals surface area contributed by atoms with E-state index in [0.29, 0.717) is 6.10 Å². The molecule has 0 heterocycles. The van der Waals surface area contributed by atoms with E-state index in [1.54, 1.807) is 0 Å². The molecular weight excluding hydrogens is 260 g/mol. The predicted octanol–water partition coefficient (Wildman–Crippen LogP) is 4.48. The van der Waals surface area contributed by atoms with Gasteiger partial charge in [0.15, 0.2) is 0 Å². The van der Waals surface area contributed by atoms with Gasteiger partial charge in [-0.05, 0) is 69.2 Å². The Kier molecular flexibility index (Phi) is 5.27. The molecular formula is C18H28N2O. The third kappa shape index (κ3) is 4.48. The van der Waals surface area contributed by atoms with E-state index < -0.39 is 0 Å². The van der Waals surface area contributed by atoms with Crippen LogP contribution in [0.5, 0.6) is 5.75 Å². The highest BCUT2D eigenvalue weighted by atomic mass is 16.5. The number of aryl methyl sites for hydroxylation is 2. The molecule has 3 heteroatoms. The summed E-state index contributed by atoms with van der Waals surface area (Å²) in [6, 6.07) is 4.25. The molecule has 2 rings (SSSR count). The standard InChI is InChI=1S/C18H28N2O/c1-6-9-20(5)12-19-17-10-14(3)18(11-13(17)2)21-15(4)16-7-8-16/h10-12,15-16H,6-9H2,1-5H3/b19-12-. The maximum absolute atomic E-state index is 6.11. The molecule has 1 aliphatic rings. The van der Waals surface area contributed by atoms with E-state index in [1.807, 2.05) is 6.34 Å². The fraction of sp³-hybridized carbons (Fsp3) is 0.611. The van der Waals surface area contributed by atoms with Crippen LogP contribution in [0.2, 0.25) is 0 Å². The summed E-state index contributed by atoms with van der Waals surface area (Å²) in [5.41, 5.74) is 3.36. The van der Waals surface area contributed by atoms with Crippen LogP contribution in [-0.2, 0) is 0 Å². The normalized spacial score (nSPS) is 16.2. The van der Waals surface area contributed by atoms with E-state index in [-0.39, 0.29) is 0 Å². The summed E-state index contributed by atoms with van der Waals surface area (Å²) >= 11 is 0. The van der Waals surface area contributed by atoms with Crippen LogP contribution in [0.4, 0.5) is 5.69 Å². The Morgan fingerprint density at radius 3 is 2.67 bits per heavy atom. The maximum Gasteiger partial charge on any atom is 0.123 e. The summed E-state index contributed by atoms with van der Waals surface area (Å²) in [7, 11) is 2.06. The Morgan fingerprint density at radius 1 is 1.33 bits per heavy atom. The van der Waals surface area contributed by atoms with Crippen molar-refractivity contribution in [2.45, 2.75) is 53.1 Å². The molecule has 1 aliphatic carbocycles. The van der Waals surface area contributed by atoms with Gasteiger partial charge in [0, 0.05) is 13.6 Å². The number of aliphatic imine (C=N–C) groups is 1. The minimum absolute atomic E-state index is 0.327. The molecule has 116 valence electrons. The lowest BCUT2D eigenvalue weighted by molar-refractivity contribution is 0.196. The summed E-state index contributed by atoms with van der Waals surface area (Å²) in [5, 5.41) is 0. The summed E-state index contributed by atoms with van der Waals surface area (Å²) in [6.45, 7) is 9.58. The lowest BCUT2D eigenvalue weighted by atomic mass is 10.1. The highest BCUT2D eigenvalue weighted by Gasteiger charge is 2.29. The van der Waals surface area contributed by atoms with E-state index in [1.165, 1.54) is 24.0 Å². The van der Waals surface area contributed by atoms with E-state index in [4.69, 9.17) is 4.74 Å².